The highest BCUT2D eigenvalue weighted by Crippen LogP contribution is 2.20. The first kappa shape index (κ1) is 19.0. The molecule has 2 N–H and O–H groups in total. The van der Waals surface area contributed by atoms with Crippen molar-refractivity contribution in [1.29, 1.82) is 0 Å². The van der Waals surface area contributed by atoms with Gasteiger partial charge in [0.1, 0.15) is 5.82 Å². The number of halogens is 2. The Morgan fingerprint density at radius 1 is 1.04 bits per heavy atom. The number of aromatic nitrogens is 1. The molecule has 1 heterocycles. The Bertz CT molecular complexity index is 963. The maximum atomic E-state index is 13.0. The van der Waals surface area contributed by atoms with Crippen molar-refractivity contribution in [3.05, 3.63) is 93.1 Å². The zero-order chi connectivity index (χ0) is 19.2. The van der Waals surface area contributed by atoms with Gasteiger partial charge in [0.05, 0.1) is 11.3 Å². The summed E-state index contributed by atoms with van der Waals surface area (Å²) in [6.07, 6.45) is 3.33. The van der Waals surface area contributed by atoms with E-state index in [2.05, 4.69) is 38.2 Å². The third kappa shape index (κ3) is 5.10. The highest BCUT2D eigenvalue weighted by molar-refractivity contribution is 14.1. The number of benzene rings is 2. The summed E-state index contributed by atoms with van der Waals surface area (Å²) in [4.78, 5) is 29.0. The molecule has 0 aliphatic carbocycles. The number of carbonyl (C=O) groups is 2. The van der Waals surface area contributed by atoms with E-state index in [0.29, 0.717) is 23.4 Å². The molecule has 7 heteroatoms. The predicted octanol–water partition coefficient (Wildman–Crippen LogP) is 4.01. The van der Waals surface area contributed by atoms with E-state index < -0.39 is 11.7 Å². The number of amides is 2. The molecule has 0 fully saturated rings. The van der Waals surface area contributed by atoms with E-state index in [1.807, 2.05) is 6.07 Å². The van der Waals surface area contributed by atoms with Crippen LogP contribution in [0.4, 0.5) is 10.1 Å². The van der Waals surface area contributed by atoms with E-state index >= 15 is 0 Å². The maximum absolute atomic E-state index is 13.0. The molecule has 0 aliphatic heterocycles. The van der Waals surface area contributed by atoms with E-state index in [-0.39, 0.29) is 5.91 Å². The highest BCUT2D eigenvalue weighted by Gasteiger charge is 2.15. The Morgan fingerprint density at radius 2 is 1.81 bits per heavy atom. The molecule has 0 saturated heterocycles. The van der Waals surface area contributed by atoms with Crippen LogP contribution in [-0.4, -0.2) is 16.8 Å². The standard InChI is InChI=1S/C20H15FIN3O2/c21-15-5-3-14(4-6-15)19(26)25-18-8-7-16(22)10-17(18)20(27)24-12-13-2-1-9-23-11-13/h1-11H,12H2,(H,24,27)(H,25,26). The molecule has 0 atom stereocenters. The first-order valence-corrected chi connectivity index (χ1v) is 9.14. The van der Waals surface area contributed by atoms with Crippen molar-refractivity contribution < 1.29 is 14.0 Å². The summed E-state index contributed by atoms with van der Waals surface area (Å²) in [6, 6.07) is 14.0. The molecule has 136 valence electrons. The normalized spacial score (nSPS) is 10.3. The zero-order valence-corrected chi connectivity index (χ0v) is 16.2. The minimum Gasteiger partial charge on any atom is -0.348 e. The van der Waals surface area contributed by atoms with Crippen LogP contribution in [0, 0.1) is 9.39 Å². The summed E-state index contributed by atoms with van der Waals surface area (Å²) < 4.78 is 13.9. The number of nitrogens with one attached hydrogen (secondary N) is 2. The molecule has 3 rings (SSSR count). The van der Waals surface area contributed by atoms with E-state index in [0.717, 1.165) is 9.13 Å². The fraction of sp³-hybridized carbons (Fsp3) is 0.0500. The van der Waals surface area contributed by atoms with Crippen LogP contribution in [0.15, 0.2) is 67.0 Å². The zero-order valence-electron chi connectivity index (χ0n) is 14.1. The van der Waals surface area contributed by atoms with Gasteiger partial charge in [0.15, 0.2) is 0 Å². The van der Waals surface area contributed by atoms with Crippen molar-refractivity contribution in [1.82, 2.24) is 10.3 Å². The Morgan fingerprint density at radius 3 is 2.52 bits per heavy atom. The lowest BCUT2D eigenvalue weighted by Gasteiger charge is -2.12. The van der Waals surface area contributed by atoms with Crippen molar-refractivity contribution in [2.45, 2.75) is 6.54 Å². The Kier molecular flexibility index (Phi) is 6.12. The first-order valence-electron chi connectivity index (χ1n) is 8.06. The van der Waals surface area contributed by atoms with Crippen molar-refractivity contribution >= 4 is 40.1 Å². The second-order valence-electron chi connectivity index (χ2n) is 5.69. The van der Waals surface area contributed by atoms with Crippen LogP contribution < -0.4 is 10.6 Å². The third-order valence-electron chi connectivity index (χ3n) is 3.76. The fourth-order valence-electron chi connectivity index (χ4n) is 2.39. The highest BCUT2D eigenvalue weighted by atomic mass is 127. The predicted molar refractivity (Wildman–Crippen MR) is 109 cm³/mol. The van der Waals surface area contributed by atoms with Crippen molar-refractivity contribution in [3.63, 3.8) is 0 Å². The number of carbonyl (C=O) groups excluding carboxylic acids is 2. The molecule has 0 bridgehead atoms. The molecule has 2 amide bonds. The number of hydrogen-bond acceptors (Lipinski definition) is 3. The number of nitrogens with zero attached hydrogens (tertiary/aromatic N) is 1. The van der Waals surface area contributed by atoms with Crippen LogP contribution >= 0.6 is 22.6 Å². The molecule has 0 unspecified atom stereocenters. The lowest BCUT2D eigenvalue weighted by atomic mass is 10.1. The second kappa shape index (κ2) is 8.72. The van der Waals surface area contributed by atoms with Gasteiger partial charge in [-0.15, -0.1) is 0 Å². The van der Waals surface area contributed by atoms with Crippen molar-refractivity contribution in [2.75, 3.05) is 5.32 Å². The van der Waals surface area contributed by atoms with Gasteiger partial charge in [-0.1, -0.05) is 6.07 Å². The van der Waals surface area contributed by atoms with Crippen LogP contribution in [0.5, 0.6) is 0 Å². The molecule has 3 aromatic rings. The van der Waals surface area contributed by atoms with Gasteiger partial charge in [-0.3, -0.25) is 14.6 Å². The number of anilines is 1. The average molecular weight is 475 g/mol. The van der Waals surface area contributed by atoms with Crippen LogP contribution in [0.2, 0.25) is 0 Å². The smallest absolute Gasteiger partial charge is 0.255 e. The first-order chi connectivity index (χ1) is 13.0. The molecular weight excluding hydrogens is 460 g/mol. The molecule has 0 saturated carbocycles. The van der Waals surface area contributed by atoms with Gasteiger partial charge >= 0.3 is 0 Å². The van der Waals surface area contributed by atoms with E-state index in [4.69, 9.17) is 0 Å². The van der Waals surface area contributed by atoms with E-state index in [9.17, 15) is 14.0 Å². The van der Waals surface area contributed by atoms with Gasteiger partial charge in [0.2, 0.25) is 0 Å². The summed E-state index contributed by atoms with van der Waals surface area (Å²) in [5, 5.41) is 5.53. The largest absolute Gasteiger partial charge is 0.348 e. The summed E-state index contributed by atoms with van der Waals surface area (Å²) in [6.45, 7) is 0.323. The minimum atomic E-state index is -0.420. The average Bonchev–Trinajstić information content (AvgIpc) is 2.68. The molecule has 2 aromatic carbocycles. The molecule has 0 aliphatic rings. The Hall–Kier alpha value is -2.81. The fourth-order valence-corrected chi connectivity index (χ4v) is 2.88. The molecular formula is C20H15FIN3O2. The van der Waals surface area contributed by atoms with Crippen molar-refractivity contribution in [2.24, 2.45) is 0 Å². The van der Waals surface area contributed by atoms with E-state index in [1.165, 1.54) is 24.3 Å². The number of hydrogen-bond donors (Lipinski definition) is 2. The van der Waals surface area contributed by atoms with Gasteiger partial charge in [-0.05, 0) is 76.7 Å². The third-order valence-corrected chi connectivity index (χ3v) is 4.43. The molecule has 27 heavy (non-hydrogen) atoms. The SMILES string of the molecule is O=C(Nc1ccc(I)cc1C(=O)NCc1cccnc1)c1ccc(F)cc1. The quantitative estimate of drug-likeness (QED) is 0.548. The van der Waals surface area contributed by atoms with Crippen LogP contribution in [-0.2, 0) is 6.54 Å². The summed E-state index contributed by atoms with van der Waals surface area (Å²) in [7, 11) is 0. The van der Waals surface area contributed by atoms with E-state index in [1.54, 1.807) is 36.7 Å². The summed E-state index contributed by atoms with van der Waals surface area (Å²) >= 11 is 2.10. The van der Waals surface area contributed by atoms with Gasteiger partial charge in [0, 0.05) is 28.1 Å². The van der Waals surface area contributed by atoms with Crippen molar-refractivity contribution in [3.8, 4) is 0 Å². The minimum absolute atomic E-state index is 0.302. The van der Waals surface area contributed by atoms with Crippen LogP contribution in [0.25, 0.3) is 0 Å². The maximum Gasteiger partial charge on any atom is 0.255 e. The Labute approximate surface area is 169 Å². The van der Waals surface area contributed by atoms with Crippen LogP contribution in [0.1, 0.15) is 26.3 Å². The van der Waals surface area contributed by atoms with Gasteiger partial charge in [-0.25, -0.2) is 4.39 Å². The molecule has 1 aromatic heterocycles. The molecule has 0 radical (unpaired) electrons. The molecule has 0 spiro atoms. The lowest BCUT2D eigenvalue weighted by Crippen LogP contribution is -2.25. The number of rotatable bonds is 5. The van der Waals surface area contributed by atoms with Gasteiger partial charge in [0.25, 0.3) is 11.8 Å². The van der Waals surface area contributed by atoms with Gasteiger partial charge < -0.3 is 10.6 Å². The molecule has 5 nitrogen and oxygen atoms in total. The van der Waals surface area contributed by atoms with Crippen LogP contribution in [0.3, 0.4) is 0 Å². The summed E-state index contributed by atoms with van der Waals surface area (Å²) in [5.74, 6) is -1.15. The Balaban J connectivity index is 1.77. The lowest BCUT2D eigenvalue weighted by molar-refractivity contribution is 0.0951. The van der Waals surface area contributed by atoms with Gasteiger partial charge in [-0.2, -0.15) is 0 Å². The summed E-state index contributed by atoms with van der Waals surface area (Å²) in [5.41, 5.74) is 1.90. The monoisotopic (exact) mass is 475 g/mol. The second-order valence-corrected chi connectivity index (χ2v) is 6.94. The topological polar surface area (TPSA) is 71.1 Å². The number of pyridine rings is 1.